The summed E-state index contributed by atoms with van der Waals surface area (Å²) in [6, 6.07) is 10.9. The number of likely N-dealkylation sites (tertiary alicyclic amines) is 1. The van der Waals surface area contributed by atoms with E-state index in [1.54, 1.807) is 19.2 Å². The minimum atomic E-state index is -3.31. The van der Waals surface area contributed by atoms with Crippen molar-refractivity contribution in [1.82, 2.24) is 9.88 Å². The van der Waals surface area contributed by atoms with Crippen LogP contribution in [0.3, 0.4) is 0 Å². The summed E-state index contributed by atoms with van der Waals surface area (Å²) in [4.78, 5) is 5.90. The van der Waals surface area contributed by atoms with Gasteiger partial charge in [0.1, 0.15) is 5.75 Å². The summed E-state index contributed by atoms with van der Waals surface area (Å²) in [5, 5.41) is 1.10. The van der Waals surface area contributed by atoms with E-state index in [2.05, 4.69) is 9.88 Å². The smallest absolute Gasteiger partial charge is 0.249 e. The van der Waals surface area contributed by atoms with Crippen molar-refractivity contribution >= 4 is 20.7 Å². The molecule has 34 heavy (non-hydrogen) atoms. The molecule has 0 radical (unpaired) electrons. The third kappa shape index (κ3) is 4.11. The maximum Gasteiger partial charge on any atom is 0.249 e. The molecule has 1 spiro atoms. The maximum atomic E-state index is 13.9. The average Bonchev–Trinajstić information content (AvgIpc) is 3.25. The van der Waals surface area contributed by atoms with Crippen molar-refractivity contribution in [3.63, 3.8) is 0 Å². The number of hydrogen-bond acceptors (Lipinski definition) is 4. The lowest BCUT2D eigenvalue weighted by Crippen LogP contribution is -2.53. The lowest BCUT2D eigenvalue weighted by atomic mass is 9.59. The van der Waals surface area contributed by atoms with Crippen molar-refractivity contribution < 1.29 is 21.9 Å². The predicted octanol–water partition coefficient (Wildman–Crippen LogP) is 5.64. The van der Waals surface area contributed by atoms with Crippen LogP contribution in [0.2, 0.25) is 0 Å². The molecule has 1 aliphatic carbocycles. The first-order valence-electron chi connectivity index (χ1n) is 11.6. The number of ether oxygens (including phenoxy) is 1. The highest BCUT2D eigenvalue weighted by molar-refractivity contribution is 7.90. The number of piperidine rings is 1. The second-order valence-corrected chi connectivity index (χ2v) is 12.1. The van der Waals surface area contributed by atoms with Crippen molar-refractivity contribution in [3.8, 4) is 5.75 Å². The van der Waals surface area contributed by atoms with Gasteiger partial charge in [0.25, 0.3) is 0 Å². The lowest BCUT2D eigenvalue weighted by Gasteiger charge is -2.54. The Morgan fingerprint density at radius 1 is 1.18 bits per heavy atom. The highest BCUT2D eigenvalue weighted by Gasteiger charge is 2.58. The second-order valence-electron chi connectivity index (χ2n) is 10.1. The van der Waals surface area contributed by atoms with E-state index in [1.165, 1.54) is 6.26 Å². The zero-order valence-corrected chi connectivity index (χ0v) is 20.5. The molecule has 0 bridgehead atoms. The molecule has 3 aromatic rings. The van der Waals surface area contributed by atoms with Crippen molar-refractivity contribution in [2.24, 2.45) is 5.41 Å². The Labute approximate surface area is 199 Å². The summed E-state index contributed by atoms with van der Waals surface area (Å²) in [6.45, 7) is 3.35. The SMILES string of the molecule is COc1cc(C)c2[nH]ccc2c1CN1CCC2(C[C@H]1c1ccc(S(C)(=O)=O)cc1)CC(F)(F)C2. The summed E-state index contributed by atoms with van der Waals surface area (Å²) in [5.74, 6) is -1.77. The van der Waals surface area contributed by atoms with Gasteiger partial charge in [-0.1, -0.05) is 12.1 Å². The Kier molecular flexibility index (Phi) is 5.52. The Balaban J connectivity index is 1.51. The average molecular weight is 489 g/mol. The van der Waals surface area contributed by atoms with Gasteiger partial charge in [-0.3, -0.25) is 4.90 Å². The molecular formula is C26H30F2N2O3S. The van der Waals surface area contributed by atoms with Gasteiger partial charge in [0.05, 0.1) is 12.0 Å². The largest absolute Gasteiger partial charge is 0.496 e. The monoisotopic (exact) mass is 488 g/mol. The number of aromatic amines is 1. The van der Waals surface area contributed by atoms with Gasteiger partial charge in [-0.15, -0.1) is 0 Å². The van der Waals surface area contributed by atoms with E-state index in [0.29, 0.717) is 19.5 Å². The summed E-state index contributed by atoms with van der Waals surface area (Å²) in [7, 11) is -1.64. The number of aromatic nitrogens is 1. The van der Waals surface area contributed by atoms with Gasteiger partial charge < -0.3 is 9.72 Å². The number of fused-ring (bicyclic) bond motifs is 1. The molecule has 5 rings (SSSR count). The van der Waals surface area contributed by atoms with Crippen molar-refractivity contribution in [2.75, 3.05) is 19.9 Å². The number of sulfone groups is 1. The Bertz CT molecular complexity index is 1320. The first-order chi connectivity index (χ1) is 16.0. The zero-order valence-electron chi connectivity index (χ0n) is 19.7. The van der Waals surface area contributed by atoms with Crippen LogP contribution in [0.4, 0.5) is 8.78 Å². The first kappa shape index (κ1) is 23.3. The molecular weight excluding hydrogens is 458 g/mol. The quantitative estimate of drug-likeness (QED) is 0.505. The normalized spacial score (nSPS) is 22.1. The second kappa shape index (κ2) is 8.05. The molecule has 1 N–H and O–H groups in total. The number of rotatable bonds is 5. The van der Waals surface area contributed by atoms with E-state index in [-0.39, 0.29) is 29.2 Å². The number of alkyl halides is 2. The van der Waals surface area contributed by atoms with E-state index < -0.39 is 15.8 Å². The van der Waals surface area contributed by atoms with Crippen molar-refractivity contribution in [1.29, 1.82) is 0 Å². The number of nitrogens with one attached hydrogen (secondary N) is 1. The highest BCUT2D eigenvalue weighted by atomic mass is 32.2. The number of halogens is 2. The Morgan fingerprint density at radius 2 is 1.88 bits per heavy atom. The standard InChI is InChI=1S/C26H30F2N2O3S/c1-17-12-23(33-2)21(20-8-10-29-24(17)20)14-30-11-9-25(15-26(27,28)16-25)13-22(30)18-4-6-19(7-5-18)34(3,31)32/h4-8,10,12,22,29H,9,11,13-16H2,1-3H3/t22-/m0/s1. The lowest BCUT2D eigenvalue weighted by molar-refractivity contribution is -0.186. The molecule has 1 saturated heterocycles. The third-order valence-electron chi connectivity index (χ3n) is 7.65. The van der Waals surface area contributed by atoms with E-state index in [4.69, 9.17) is 4.74 Å². The molecule has 8 heteroatoms. The minimum Gasteiger partial charge on any atom is -0.496 e. The van der Waals surface area contributed by atoms with Crippen LogP contribution in [0, 0.1) is 12.3 Å². The molecule has 182 valence electrons. The van der Waals surface area contributed by atoms with Crippen molar-refractivity contribution in [3.05, 3.63) is 59.3 Å². The summed E-state index contributed by atoms with van der Waals surface area (Å²) in [5.41, 5.74) is 3.83. The van der Waals surface area contributed by atoms with Gasteiger partial charge in [0.15, 0.2) is 9.84 Å². The topological polar surface area (TPSA) is 62.4 Å². The maximum absolute atomic E-state index is 13.9. The molecule has 2 fully saturated rings. The van der Waals surface area contributed by atoms with Crippen LogP contribution in [-0.2, 0) is 16.4 Å². The van der Waals surface area contributed by atoms with E-state index in [9.17, 15) is 17.2 Å². The van der Waals surface area contributed by atoms with Crippen LogP contribution >= 0.6 is 0 Å². The summed E-state index contributed by atoms with van der Waals surface area (Å²) < 4.78 is 57.4. The van der Waals surface area contributed by atoms with Crippen LogP contribution in [0.1, 0.15) is 48.4 Å². The molecule has 1 saturated carbocycles. The molecule has 1 atom stereocenters. The van der Waals surface area contributed by atoms with E-state index in [1.807, 2.05) is 37.4 Å². The molecule has 0 amide bonds. The molecule has 1 aromatic heterocycles. The minimum absolute atomic E-state index is 0.0678. The fraction of sp³-hybridized carbons (Fsp3) is 0.462. The van der Waals surface area contributed by atoms with Gasteiger partial charge in [-0.25, -0.2) is 17.2 Å². The zero-order chi connectivity index (χ0) is 24.3. The van der Waals surface area contributed by atoms with Crippen molar-refractivity contribution in [2.45, 2.75) is 56.0 Å². The Morgan fingerprint density at radius 3 is 2.50 bits per heavy atom. The predicted molar refractivity (Wildman–Crippen MR) is 128 cm³/mol. The van der Waals surface area contributed by atoms with Gasteiger partial charge in [0.2, 0.25) is 5.92 Å². The van der Waals surface area contributed by atoms with Gasteiger partial charge in [-0.05, 0) is 67.1 Å². The fourth-order valence-corrected chi connectivity index (χ4v) is 6.61. The van der Waals surface area contributed by atoms with Gasteiger partial charge in [-0.2, -0.15) is 0 Å². The molecule has 0 unspecified atom stereocenters. The molecule has 2 aliphatic rings. The fourth-order valence-electron chi connectivity index (χ4n) is 5.98. The third-order valence-corrected chi connectivity index (χ3v) is 8.78. The first-order valence-corrected chi connectivity index (χ1v) is 13.4. The number of hydrogen-bond donors (Lipinski definition) is 1. The number of benzene rings is 2. The summed E-state index contributed by atoms with van der Waals surface area (Å²) >= 11 is 0. The summed E-state index contributed by atoms with van der Waals surface area (Å²) in [6.07, 6.45) is 4.33. The van der Waals surface area contributed by atoms with Crippen LogP contribution < -0.4 is 4.74 Å². The molecule has 2 aromatic carbocycles. The molecule has 1 aliphatic heterocycles. The number of nitrogens with zero attached hydrogens (tertiary/aromatic N) is 1. The van der Waals surface area contributed by atoms with Crippen LogP contribution in [0.15, 0.2) is 47.5 Å². The molecule has 5 nitrogen and oxygen atoms in total. The number of methoxy groups -OCH3 is 1. The van der Waals surface area contributed by atoms with E-state index >= 15 is 0 Å². The van der Waals surface area contributed by atoms with Gasteiger partial charge in [0, 0.05) is 54.3 Å². The van der Waals surface area contributed by atoms with Crippen LogP contribution in [-0.4, -0.2) is 44.1 Å². The van der Waals surface area contributed by atoms with E-state index in [0.717, 1.165) is 39.8 Å². The number of H-pyrrole nitrogens is 1. The molecule has 2 heterocycles. The number of aryl methyl sites for hydroxylation is 1. The van der Waals surface area contributed by atoms with Gasteiger partial charge >= 0.3 is 0 Å². The Hall–Kier alpha value is -2.45. The van der Waals surface area contributed by atoms with Crippen LogP contribution in [0.5, 0.6) is 5.75 Å². The van der Waals surface area contributed by atoms with Crippen LogP contribution in [0.25, 0.3) is 10.9 Å². The highest BCUT2D eigenvalue weighted by Crippen LogP contribution is 2.60.